The van der Waals surface area contributed by atoms with E-state index in [0.29, 0.717) is 0 Å². The lowest BCUT2D eigenvalue weighted by atomic mass is 9.79. The van der Waals surface area contributed by atoms with Crippen LogP contribution < -0.4 is 10.1 Å². The van der Waals surface area contributed by atoms with Crippen LogP contribution in [-0.2, 0) is 10.8 Å². The quantitative estimate of drug-likeness (QED) is 0.829. The van der Waals surface area contributed by atoms with Gasteiger partial charge in [0.2, 0.25) is 0 Å². The van der Waals surface area contributed by atoms with E-state index in [4.69, 9.17) is 4.74 Å². The second kappa shape index (κ2) is 5.67. The van der Waals surface area contributed by atoms with Crippen LogP contribution in [0, 0.1) is 0 Å². The van der Waals surface area contributed by atoms with Crippen LogP contribution in [0.25, 0.3) is 0 Å². The van der Waals surface area contributed by atoms with Crippen molar-refractivity contribution in [2.24, 2.45) is 0 Å². The topological polar surface area (TPSA) is 21.3 Å². The molecule has 0 aliphatic carbocycles. The number of rotatable bonds is 3. The highest BCUT2D eigenvalue weighted by Crippen LogP contribution is 2.42. The van der Waals surface area contributed by atoms with Crippen molar-refractivity contribution in [2.75, 3.05) is 12.4 Å². The van der Waals surface area contributed by atoms with Crippen LogP contribution in [0.5, 0.6) is 5.75 Å². The zero-order valence-corrected chi connectivity index (χ0v) is 14.6. The number of anilines is 1. The fourth-order valence-electron chi connectivity index (χ4n) is 2.25. The molecule has 2 heteroatoms. The summed E-state index contributed by atoms with van der Waals surface area (Å²) in [4.78, 5) is 0. The lowest BCUT2D eigenvalue weighted by Crippen LogP contribution is -2.22. The van der Waals surface area contributed by atoms with Crippen molar-refractivity contribution >= 4 is 5.69 Å². The number of ether oxygens (including phenoxy) is 1. The van der Waals surface area contributed by atoms with Gasteiger partial charge in [-0.3, -0.25) is 0 Å². The minimum Gasteiger partial charge on any atom is -0.490 e. The molecule has 0 spiro atoms. The summed E-state index contributed by atoms with van der Waals surface area (Å²) < 4.78 is 6.20. The maximum Gasteiger partial charge on any atom is 0.127 e. The van der Waals surface area contributed by atoms with Crippen molar-refractivity contribution in [1.82, 2.24) is 0 Å². The molecule has 0 saturated heterocycles. The summed E-state index contributed by atoms with van der Waals surface area (Å²) in [5.41, 5.74) is 3.79. The zero-order chi connectivity index (χ0) is 15.7. The first-order chi connectivity index (χ1) is 8.96. The standard InChI is InChI=1S/C18H31NO/c1-12(2)20-16-14(17(3,4)5)10-13(19-9)11-15(16)18(6,7)8/h10-12,19H,1-9H3. The molecule has 1 rings (SSSR count). The van der Waals surface area contributed by atoms with E-state index in [1.807, 2.05) is 7.05 Å². The first-order valence-corrected chi connectivity index (χ1v) is 7.50. The fraction of sp³-hybridized carbons (Fsp3) is 0.667. The SMILES string of the molecule is CNc1cc(C(C)(C)C)c(OC(C)C)c(C(C)(C)C)c1. The van der Waals surface area contributed by atoms with Gasteiger partial charge in [0.05, 0.1) is 6.10 Å². The molecule has 1 aromatic rings. The number of nitrogens with one attached hydrogen (secondary N) is 1. The average molecular weight is 277 g/mol. The molecule has 0 atom stereocenters. The molecule has 0 unspecified atom stereocenters. The third kappa shape index (κ3) is 3.91. The van der Waals surface area contributed by atoms with Crippen molar-refractivity contribution in [3.8, 4) is 5.75 Å². The van der Waals surface area contributed by atoms with Gasteiger partial charge in [-0.15, -0.1) is 0 Å². The smallest absolute Gasteiger partial charge is 0.127 e. The van der Waals surface area contributed by atoms with Gasteiger partial charge in [-0.1, -0.05) is 41.5 Å². The summed E-state index contributed by atoms with van der Waals surface area (Å²) in [5.74, 6) is 1.05. The maximum atomic E-state index is 6.20. The van der Waals surface area contributed by atoms with Crippen molar-refractivity contribution in [3.63, 3.8) is 0 Å². The van der Waals surface area contributed by atoms with E-state index in [2.05, 4.69) is 72.8 Å². The van der Waals surface area contributed by atoms with Gasteiger partial charge in [0.25, 0.3) is 0 Å². The van der Waals surface area contributed by atoms with Crippen molar-refractivity contribution in [3.05, 3.63) is 23.3 Å². The Kier molecular flexibility index (Phi) is 4.78. The fourth-order valence-corrected chi connectivity index (χ4v) is 2.25. The molecule has 114 valence electrons. The normalized spacial score (nSPS) is 12.7. The van der Waals surface area contributed by atoms with Gasteiger partial charge >= 0.3 is 0 Å². The predicted octanol–water partition coefficient (Wildman–Crippen LogP) is 5.11. The first kappa shape index (κ1) is 16.9. The molecule has 2 nitrogen and oxygen atoms in total. The van der Waals surface area contributed by atoms with Gasteiger partial charge in [0, 0.05) is 23.9 Å². The number of hydrogen-bond acceptors (Lipinski definition) is 2. The van der Waals surface area contributed by atoms with Crippen molar-refractivity contribution < 1.29 is 4.74 Å². The molecule has 0 radical (unpaired) electrons. The van der Waals surface area contributed by atoms with Crippen LogP contribution in [0.15, 0.2) is 12.1 Å². The van der Waals surface area contributed by atoms with Crippen molar-refractivity contribution in [2.45, 2.75) is 72.3 Å². The minimum atomic E-state index is 0.0527. The molecule has 0 aliphatic rings. The first-order valence-electron chi connectivity index (χ1n) is 7.50. The van der Waals surface area contributed by atoms with Gasteiger partial charge in [-0.05, 0) is 36.8 Å². The second-order valence-corrected chi connectivity index (χ2v) is 7.82. The number of benzene rings is 1. The molecular formula is C18H31NO. The predicted molar refractivity (Wildman–Crippen MR) is 89.2 cm³/mol. The summed E-state index contributed by atoms with van der Waals surface area (Å²) in [6.45, 7) is 17.6. The molecule has 0 aromatic heterocycles. The molecule has 0 aliphatic heterocycles. The van der Waals surface area contributed by atoms with E-state index in [0.717, 1.165) is 11.4 Å². The summed E-state index contributed by atoms with van der Waals surface area (Å²) in [5, 5.41) is 3.28. The maximum absolute atomic E-state index is 6.20. The van der Waals surface area contributed by atoms with E-state index in [1.165, 1.54) is 11.1 Å². The Morgan fingerprint density at radius 2 is 1.30 bits per heavy atom. The van der Waals surface area contributed by atoms with Crippen LogP contribution in [-0.4, -0.2) is 13.2 Å². The lowest BCUT2D eigenvalue weighted by Gasteiger charge is -2.31. The summed E-state index contributed by atoms with van der Waals surface area (Å²) >= 11 is 0. The Morgan fingerprint density at radius 1 is 0.900 bits per heavy atom. The molecule has 0 heterocycles. The Labute approximate surface area is 124 Å². The molecule has 1 aromatic carbocycles. The van der Waals surface area contributed by atoms with Gasteiger partial charge in [-0.2, -0.15) is 0 Å². The van der Waals surface area contributed by atoms with Crippen LogP contribution in [0.4, 0.5) is 5.69 Å². The van der Waals surface area contributed by atoms with Gasteiger partial charge in [0.15, 0.2) is 0 Å². The highest BCUT2D eigenvalue weighted by Gasteiger charge is 2.28. The van der Waals surface area contributed by atoms with Crippen LogP contribution >= 0.6 is 0 Å². The third-order valence-electron chi connectivity index (χ3n) is 3.35. The second-order valence-electron chi connectivity index (χ2n) is 7.82. The zero-order valence-electron chi connectivity index (χ0n) is 14.6. The largest absolute Gasteiger partial charge is 0.490 e. The molecule has 20 heavy (non-hydrogen) atoms. The summed E-state index contributed by atoms with van der Waals surface area (Å²) in [6.07, 6.45) is 0.178. The van der Waals surface area contributed by atoms with E-state index in [-0.39, 0.29) is 16.9 Å². The molecule has 0 fully saturated rings. The van der Waals surface area contributed by atoms with E-state index < -0.39 is 0 Å². The van der Waals surface area contributed by atoms with E-state index in [9.17, 15) is 0 Å². The Balaban J connectivity index is 3.63. The van der Waals surface area contributed by atoms with E-state index >= 15 is 0 Å². The van der Waals surface area contributed by atoms with Gasteiger partial charge < -0.3 is 10.1 Å². The molecule has 1 N–H and O–H groups in total. The van der Waals surface area contributed by atoms with Crippen molar-refractivity contribution in [1.29, 1.82) is 0 Å². The highest BCUT2D eigenvalue weighted by molar-refractivity contribution is 5.59. The summed E-state index contributed by atoms with van der Waals surface area (Å²) in [6, 6.07) is 4.43. The lowest BCUT2D eigenvalue weighted by molar-refractivity contribution is 0.231. The van der Waals surface area contributed by atoms with E-state index in [1.54, 1.807) is 0 Å². The van der Waals surface area contributed by atoms with Gasteiger partial charge in [-0.25, -0.2) is 0 Å². The Bertz CT molecular complexity index is 426. The van der Waals surface area contributed by atoms with Crippen LogP contribution in [0.3, 0.4) is 0 Å². The number of hydrogen-bond donors (Lipinski definition) is 1. The molecule has 0 amide bonds. The minimum absolute atomic E-state index is 0.0527. The average Bonchev–Trinajstić information content (AvgIpc) is 2.25. The third-order valence-corrected chi connectivity index (χ3v) is 3.35. The molecule has 0 bridgehead atoms. The highest BCUT2D eigenvalue weighted by atomic mass is 16.5. The van der Waals surface area contributed by atoms with Gasteiger partial charge in [0.1, 0.15) is 5.75 Å². The van der Waals surface area contributed by atoms with Crippen LogP contribution in [0.1, 0.15) is 66.5 Å². The van der Waals surface area contributed by atoms with Crippen LogP contribution in [0.2, 0.25) is 0 Å². The summed E-state index contributed by atoms with van der Waals surface area (Å²) in [7, 11) is 1.97. The molecular weight excluding hydrogens is 246 g/mol. The molecule has 0 saturated carbocycles. The monoisotopic (exact) mass is 277 g/mol. The Hall–Kier alpha value is -1.18. The Morgan fingerprint density at radius 3 is 1.55 bits per heavy atom.